The van der Waals surface area contributed by atoms with E-state index in [0.717, 1.165) is 12.8 Å². The van der Waals surface area contributed by atoms with E-state index in [-0.39, 0.29) is 24.3 Å². The minimum atomic E-state index is -3.98. The van der Waals surface area contributed by atoms with Gasteiger partial charge in [0.05, 0.1) is 16.4 Å². The Morgan fingerprint density at radius 2 is 1.91 bits per heavy atom. The first kappa shape index (κ1) is 27.7. The smallest absolute Gasteiger partial charge is 0.309 e. The Bertz CT molecular complexity index is 1320. The summed E-state index contributed by atoms with van der Waals surface area (Å²) in [4.78, 5) is 17.3. The lowest BCUT2D eigenvalue weighted by molar-refractivity contribution is 0.0909. The zero-order valence-electron chi connectivity index (χ0n) is 19.3. The molecule has 2 heterocycles. The largest absolute Gasteiger partial charge is 0.364 e. The molecular weight excluding hydrogens is 626 g/mol. The molecule has 3 aromatic rings. The van der Waals surface area contributed by atoms with Gasteiger partial charge in [0.25, 0.3) is 5.91 Å². The van der Waals surface area contributed by atoms with E-state index in [2.05, 4.69) is 42.2 Å². The van der Waals surface area contributed by atoms with Crippen LogP contribution in [-0.2, 0) is 38.9 Å². The highest BCUT2D eigenvalue weighted by molar-refractivity contribution is 9.13. The number of imidazole rings is 1. The Balaban J connectivity index is 1.77. The average molecular weight is 651 g/mol. The van der Waals surface area contributed by atoms with Gasteiger partial charge in [-0.25, -0.2) is 13.2 Å². The minimum absolute atomic E-state index is 0.0731. The van der Waals surface area contributed by atoms with Crippen LogP contribution in [-0.4, -0.2) is 64.1 Å². The number of methoxy groups -OCH3 is 1. The summed E-state index contributed by atoms with van der Waals surface area (Å²) in [6.07, 6.45) is 2.14. The number of ether oxygens (including phenoxy) is 1. The molecule has 0 aliphatic rings. The van der Waals surface area contributed by atoms with Crippen LogP contribution in [0.3, 0.4) is 0 Å². The van der Waals surface area contributed by atoms with Crippen LogP contribution in [0.4, 0.5) is 0 Å². The maximum atomic E-state index is 13.1. The number of nitrogens with zero attached hydrogens (tertiary/aromatic N) is 4. The quantitative estimate of drug-likeness (QED) is 0.319. The molecule has 10 nitrogen and oxygen atoms in total. The second-order valence-electron chi connectivity index (χ2n) is 7.54. The van der Waals surface area contributed by atoms with Crippen molar-refractivity contribution in [2.45, 2.75) is 29.6 Å². The summed E-state index contributed by atoms with van der Waals surface area (Å²) in [7, 11) is -1.43. The van der Waals surface area contributed by atoms with Gasteiger partial charge in [0.15, 0.2) is 0 Å². The number of amides is 1. The van der Waals surface area contributed by atoms with Crippen LogP contribution in [0.2, 0.25) is 0 Å². The number of rotatable bonds is 11. The van der Waals surface area contributed by atoms with Crippen molar-refractivity contribution in [1.82, 2.24) is 23.1 Å². The molecule has 0 radical (unpaired) electrons. The zero-order valence-corrected chi connectivity index (χ0v) is 24.1. The van der Waals surface area contributed by atoms with Crippen LogP contribution < -0.4 is 5.32 Å². The number of benzene rings is 1. The Labute approximate surface area is 223 Å². The first-order valence-corrected chi connectivity index (χ1v) is 14.5. The third kappa shape index (κ3) is 6.12. The molecule has 190 valence electrons. The molecule has 1 unspecified atom stereocenters. The van der Waals surface area contributed by atoms with Crippen LogP contribution in [0.5, 0.6) is 0 Å². The Morgan fingerprint density at radius 1 is 1.23 bits per heavy atom. The number of hydrogen-bond donors (Lipinski definition) is 1. The molecule has 2 aromatic heterocycles. The Morgan fingerprint density at radius 3 is 2.54 bits per heavy atom. The molecule has 1 atom stereocenters. The van der Waals surface area contributed by atoms with Gasteiger partial charge < -0.3 is 14.6 Å². The predicted molar refractivity (Wildman–Crippen MR) is 139 cm³/mol. The van der Waals surface area contributed by atoms with Crippen molar-refractivity contribution in [2.75, 3.05) is 27.7 Å². The highest BCUT2D eigenvalue weighted by Gasteiger charge is 2.28. The predicted octanol–water partition coefficient (Wildman–Crippen LogP) is 3.00. The molecule has 0 aliphatic carbocycles. The molecule has 0 bridgehead atoms. The number of aromatic nitrogens is 3. The fraction of sp³-hybridized carbons (Fsp3) is 0.333. The third-order valence-corrected chi connectivity index (χ3v) is 10.2. The number of nitrogens with one attached hydrogen (secondary N) is 1. The summed E-state index contributed by atoms with van der Waals surface area (Å²) >= 11 is 6.80. The van der Waals surface area contributed by atoms with E-state index in [4.69, 9.17) is 4.74 Å². The van der Waals surface area contributed by atoms with E-state index in [1.165, 1.54) is 27.4 Å². The first-order valence-electron chi connectivity index (χ1n) is 10.4. The molecule has 14 heteroatoms. The van der Waals surface area contributed by atoms with Gasteiger partial charge in [-0.1, -0.05) is 18.2 Å². The number of hydrogen-bond acceptors (Lipinski definition) is 6. The normalized spacial score (nSPS) is 12.7. The van der Waals surface area contributed by atoms with Gasteiger partial charge in [0.1, 0.15) is 27.8 Å². The highest BCUT2D eigenvalue weighted by atomic mass is 79.9. The Kier molecular flexibility index (Phi) is 9.46. The summed E-state index contributed by atoms with van der Waals surface area (Å²) in [6, 6.07) is 10.2. The summed E-state index contributed by atoms with van der Waals surface area (Å²) in [5.74, 6) is -0.297. The van der Waals surface area contributed by atoms with E-state index < -0.39 is 21.0 Å². The number of carbonyl (C=O) groups excluding carboxylic acids is 1. The second kappa shape index (κ2) is 11.9. The number of aryl methyl sites for hydroxylation is 1. The van der Waals surface area contributed by atoms with Gasteiger partial charge in [-0.3, -0.25) is 4.79 Å². The lowest BCUT2D eigenvalue weighted by atomic mass is 10.2. The molecular formula is C21H25Br2N5O5S2. The second-order valence-corrected chi connectivity index (χ2v) is 12.5. The first-order chi connectivity index (χ1) is 16.6. The monoisotopic (exact) mass is 649 g/mol. The van der Waals surface area contributed by atoms with Crippen molar-refractivity contribution in [3.63, 3.8) is 0 Å². The van der Waals surface area contributed by atoms with Crippen molar-refractivity contribution in [3.8, 4) is 0 Å². The molecule has 0 fully saturated rings. The maximum absolute atomic E-state index is 13.1. The van der Waals surface area contributed by atoms with Crippen molar-refractivity contribution < 1.29 is 22.2 Å². The summed E-state index contributed by atoms with van der Waals surface area (Å²) in [6.45, 7) is 0.481. The molecule has 0 aliphatic heterocycles. The molecule has 3 rings (SSSR count). The van der Waals surface area contributed by atoms with Crippen LogP contribution in [0, 0.1) is 0 Å². The highest BCUT2D eigenvalue weighted by Crippen LogP contribution is 2.27. The van der Waals surface area contributed by atoms with E-state index in [1.54, 1.807) is 41.0 Å². The third-order valence-electron chi connectivity index (χ3n) is 4.95. The van der Waals surface area contributed by atoms with Crippen molar-refractivity contribution >= 4 is 58.8 Å². The van der Waals surface area contributed by atoms with E-state index in [9.17, 15) is 17.4 Å². The van der Waals surface area contributed by atoms with Gasteiger partial charge in [0.2, 0.25) is 5.16 Å². The molecule has 1 N–H and O–H groups in total. The molecule has 35 heavy (non-hydrogen) atoms. The molecule has 1 amide bonds. The van der Waals surface area contributed by atoms with Crippen LogP contribution in [0.25, 0.3) is 0 Å². The van der Waals surface area contributed by atoms with Crippen molar-refractivity contribution in [1.29, 1.82) is 0 Å². The van der Waals surface area contributed by atoms with Crippen molar-refractivity contribution in [3.05, 3.63) is 63.1 Å². The minimum Gasteiger partial charge on any atom is -0.364 e. The van der Waals surface area contributed by atoms with Crippen LogP contribution in [0.1, 0.15) is 22.6 Å². The summed E-state index contributed by atoms with van der Waals surface area (Å²) in [5.41, 5.74) is 0.784. The lowest BCUT2D eigenvalue weighted by Gasteiger charge is -2.17. The fourth-order valence-electron chi connectivity index (χ4n) is 3.20. The van der Waals surface area contributed by atoms with Crippen LogP contribution in [0.15, 0.2) is 61.7 Å². The van der Waals surface area contributed by atoms with Gasteiger partial charge in [-0.15, -0.1) is 0 Å². The molecule has 0 saturated heterocycles. The van der Waals surface area contributed by atoms with E-state index in [0.29, 0.717) is 33.7 Å². The number of halogens is 2. The van der Waals surface area contributed by atoms with Crippen molar-refractivity contribution in [2.24, 2.45) is 0 Å². The topological polar surface area (TPSA) is 116 Å². The van der Waals surface area contributed by atoms with Gasteiger partial charge in [-0.05, 0) is 62.9 Å². The molecule has 0 saturated carbocycles. The van der Waals surface area contributed by atoms with E-state index >= 15 is 0 Å². The standard InChI is InChI=1S/C21H25Br2N5O5S2/c1-26(2)35(31,32)28-15(13-25-21(28)34(30)16-9-5-4-6-10-16)8-7-11-24-20(29)18-12-17(22)19(23)27(18)14-33-3/h4-6,9-10,12-13H,7-8,11,14H2,1-3H3,(H,24,29). The number of carbonyl (C=O) groups is 1. The SMILES string of the molecule is COCn1c(C(=O)NCCCc2cnc(S(=O)c3ccccc3)n2S(=O)(=O)N(C)C)cc(Br)c1Br. The molecule has 0 spiro atoms. The maximum Gasteiger partial charge on any atom is 0.309 e. The average Bonchev–Trinajstić information content (AvgIpc) is 3.39. The fourth-order valence-corrected chi connectivity index (χ4v) is 6.57. The summed E-state index contributed by atoms with van der Waals surface area (Å²) < 4.78 is 49.5. The Hall–Kier alpha value is -1.84. The zero-order chi connectivity index (χ0) is 25.8. The van der Waals surface area contributed by atoms with Crippen LogP contribution >= 0.6 is 31.9 Å². The summed E-state index contributed by atoms with van der Waals surface area (Å²) in [5, 5.41) is 2.77. The van der Waals surface area contributed by atoms with Gasteiger partial charge >= 0.3 is 10.2 Å². The van der Waals surface area contributed by atoms with Gasteiger partial charge in [-0.2, -0.15) is 12.7 Å². The lowest BCUT2D eigenvalue weighted by Crippen LogP contribution is -2.32. The van der Waals surface area contributed by atoms with E-state index in [1.807, 2.05) is 0 Å². The molecule has 1 aromatic carbocycles. The van der Waals surface area contributed by atoms with Gasteiger partial charge in [0, 0.05) is 32.6 Å².